The lowest BCUT2D eigenvalue weighted by Crippen LogP contribution is -2.59. The summed E-state index contributed by atoms with van der Waals surface area (Å²) in [6.45, 7) is 2.51. The van der Waals surface area contributed by atoms with Crippen molar-refractivity contribution in [1.29, 1.82) is 0 Å². The summed E-state index contributed by atoms with van der Waals surface area (Å²) in [6, 6.07) is 0. The molecule has 3 heterocycles. The monoisotopic (exact) mass is 383 g/mol. The van der Waals surface area contributed by atoms with E-state index >= 15 is 0 Å². The summed E-state index contributed by atoms with van der Waals surface area (Å²) in [4.78, 5) is 25.7. The zero-order chi connectivity index (χ0) is 18.9. The number of amides is 1. The third kappa shape index (κ3) is 2.18. The summed E-state index contributed by atoms with van der Waals surface area (Å²) >= 11 is 0. The smallest absolute Gasteiger partial charge is 0.356 e. The van der Waals surface area contributed by atoms with Crippen molar-refractivity contribution in [2.75, 3.05) is 26.3 Å². The quantitative estimate of drug-likeness (QED) is 0.751. The maximum atomic E-state index is 13.1. The van der Waals surface area contributed by atoms with Gasteiger partial charge in [0.05, 0.1) is 18.0 Å². The fourth-order valence-electron chi connectivity index (χ4n) is 3.96. The molecule has 0 atom stereocenters. The van der Waals surface area contributed by atoms with Gasteiger partial charge in [0, 0.05) is 25.7 Å². The fourth-order valence-corrected chi connectivity index (χ4v) is 6.45. The first-order valence-corrected chi connectivity index (χ1v) is 10.0. The van der Waals surface area contributed by atoms with E-state index in [0.29, 0.717) is 31.4 Å². The molecule has 1 aliphatic carbocycles. The van der Waals surface area contributed by atoms with Gasteiger partial charge in [-0.2, -0.15) is 5.10 Å². The average molecular weight is 383 g/mol. The molecular formula is C16H21N3O6S. The van der Waals surface area contributed by atoms with Crippen LogP contribution in [0.25, 0.3) is 0 Å². The highest BCUT2D eigenvalue weighted by Crippen LogP contribution is 2.50. The molecule has 3 aliphatic rings. The standard InChI is InChI=1S/C16H21N3O6S/c1-15(8-25-9-15)26(23,24)16(4-5-16)7-19-6-3-10-11(14(21)22)17-18(2)12(10)13(19)20/h3-9H2,1-2H3,(H,21,22). The molecule has 4 rings (SSSR count). The molecule has 10 heteroatoms. The van der Waals surface area contributed by atoms with Crippen molar-refractivity contribution in [2.24, 2.45) is 7.05 Å². The minimum absolute atomic E-state index is 0.108. The largest absolute Gasteiger partial charge is 0.476 e. The Morgan fingerprint density at radius 1 is 1.35 bits per heavy atom. The summed E-state index contributed by atoms with van der Waals surface area (Å²) in [6.07, 6.45) is 1.42. The van der Waals surface area contributed by atoms with Crippen LogP contribution in [-0.4, -0.2) is 75.9 Å². The van der Waals surface area contributed by atoms with E-state index in [-0.39, 0.29) is 37.1 Å². The lowest BCUT2D eigenvalue weighted by molar-refractivity contribution is -0.00568. The van der Waals surface area contributed by atoms with E-state index in [1.54, 1.807) is 6.92 Å². The van der Waals surface area contributed by atoms with Crippen molar-refractivity contribution in [3.8, 4) is 0 Å². The van der Waals surface area contributed by atoms with Crippen LogP contribution in [0.5, 0.6) is 0 Å². The van der Waals surface area contributed by atoms with E-state index < -0.39 is 25.3 Å². The van der Waals surface area contributed by atoms with Gasteiger partial charge in [0.2, 0.25) is 0 Å². The van der Waals surface area contributed by atoms with Crippen LogP contribution in [0, 0.1) is 0 Å². The predicted octanol–water partition coefficient (Wildman–Crippen LogP) is -0.147. The number of aromatic carboxylic acids is 1. The molecule has 1 saturated heterocycles. The lowest BCUT2D eigenvalue weighted by Gasteiger charge is -2.41. The minimum atomic E-state index is -3.44. The molecule has 26 heavy (non-hydrogen) atoms. The van der Waals surface area contributed by atoms with Crippen LogP contribution in [0.3, 0.4) is 0 Å². The van der Waals surface area contributed by atoms with Gasteiger partial charge in [0.15, 0.2) is 15.5 Å². The van der Waals surface area contributed by atoms with E-state index in [4.69, 9.17) is 4.74 Å². The third-order valence-electron chi connectivity index (χ3n) is 5.79. The van der Waals surface area contributed by atoms with Crippen LogP contribution in [0.1, 0.15) is 46.3 Å². The van der Waals surface area contributed by atoms with Crippen LogP contribution >= 0.6 is 0 Å². The SMILES string of the molecule is Cn1nc(C(=O)O)c2c1C(=O)N(CC1(S(=O)(=O)C3(C)COC3)CC1)CC2. The summed E-state index contributed by atoms with van der Waals surface area (Å²) in [5.74, 6) is -1.52. The predicted molar refractivity (Wildman–Crippen MR) is 89.9 cm³/mol. The molecule has 1 amide bonds. The Kier molecular flexibility index (Phi) is 3.55. The number of aromatic nitrogens is 2. The highest BCUT2D eigenvalue weighted by atomic mass is 32.2. The van der Waals surface area contributed by atoms with Crippen molar-refractivity contribution in [3.05, 3.63) is 17.0 Å². The first-order chi connectivity index (χ1) is 12.1. The second kappa shape index (κ2) is 5.29. The van der Waals surface area contributed by atoms with Crippen LogP contribution in [0.15, 0.2) is 0 Å². The number of aryl methyl sites for hydroxylation is 1. The number of carboxylic acid groups (broad SMARTS) is 1. The molecule has 1 N–H and O–H groups in total. The van der Waals surface area contributed by atoms with Gasteiger partial charge >= 0.3 is 5.97 Å². The molecule has 0 unspecified atom stereocenters. The first-order valence-electron chi connectivity index (χ1n) is 8.52. The normalized spacial score (nSPS) is 23.3. The number of carbonyl (C=O) groups excluding carboxylic acids is 1. The second-order valence-electron chi connectivity index (χ2n) is 7.71. The molecule has 1 saturated carbocycles. The van der Waals surface area contributed by atoms with Gasteiger partial charge in [0.25, 0.3) is 5.91 Å². The van der Waals surface area contributed by atoms with Gasteiger partial charge in [-0.25, -0.2) is 13.2 Å². The molecule has 9 nitrogen and oxygen atoms in total. The fraction of sp³-hybridized carbons (Fsp3) is 0.688. The summed E-state index contributed by atoms with van der Waals surface area (Å²) in [5.41, 5.74) is 0.553. The van der Waals surface area contributed by atoms with Crippen molar-refractivity contribution < 1.29 is 27.9 Å². The number of carbonyl (C=O) groups is 2. The first kappa shape index (κ1) is 17.5. The molecule has 0 radical (unpaired) electrons. The molecule has 0 bridgehead atoms. The molecule has 2 aliphatic heterocycles. The highest BCUT2D eigenvalue weighted by molar-refractivity contribution is 7.94. The van der Waals surface area contributed by atoms with E-state index in [0.717, 1.165) is 0 Å². The van der Waals surface area contributed by atoms with E-state index in [1.165, 1.54) is 16.6 Å². The number of nitrogens with zero attached hydrogens (tertiary/aromatic N) is 3. The topological polar surface area (TPSA) is 119 Å². The maximum absolute atomic E-state index is 13.1. The number of carboxylic acids is 1. The molecule has 1 aromatic rings. The number of hydrogen-bond acceptors (Lipinski definition) is 6. The van der Waals surface area contributed by atoms with Crippen molar-refractivity contribution >= 4 is 21.7 Å². The third-order valence-corrected chi connectivity index (χ3v) is 9.00. The van der Waals surface area contributed by atoms with Gasteiger partial charge in [0.1, 0.15) is 10.4 Å². The van der Waals surface area contributed by atoms with E-state index in [9.17, 15) is 23.1 Å². The average Bonchev–Trinajstić information content (AvgIpc) is 3.25. The van der Waals surface area contributed by atoms with Crippen LogP contribution < -0.4 is 0 Å². The maximum Gasteiger partial charge on any atom is 0.356 e. The van der Waals surface area contributed by atoms with Crippen LogP contribution in [0.2, 0.25) is 0 Å². The number of fused-ring (bicyclic) bond motifs is 1. The number of sulfone groups is 1. The molecule has 0 aromatic carbocycles. The summed E-state index contributed by atoms with van der Waals surface area (Å²) < 4.78 is 30.8. The van der Waals surface area contributed by atoms with Crippen LogP contribution in [0.4, 0.5) is 0 Å². The van der Waals surface area contributed by atoms with E-state index in [2.05, 4.69) is 5.10 Å². The highest BCUT2D eigenvalue weighted by Gasteiger charge is 2.64. The zero-order valence-electron chi connectivity index (χ0n) is 14.7. The van der Waals surface area contributed by atoms with E-state index in [1.807, 2.05) is 0 Å². The Morgan fingerprint density at radius 3 is 2.50 bits per heavy atom. The van der Waals surface area contributed by atoms with Gasteiger partial charge in [-0.15, -0.1) is 0 Å². The van der Waals surface area contributed by atoms with Crippen molar-refractivity contribution in [2.45, 2.75) is 35.7 Å². The van der Waals surface area contributed by atoms with Gasteiger partial charge in [-0.1, -0.05) is 0 Å². The second-order valence-corrected chi connectivity index (χ2v) is 10.6. The van der Waals surface area contributed by atoms with Gasteiger partial charge in [-0.05, 0) is 26.2 Å². The lowest BCUT2D eigenvalue weighted by atomic mass is 10.0. The molecule has 2 fully saturated rings. The Morgan fingerprint density at radius 2 is 2.00 bits per heavy atom. The zero-order valence-corrected chi connectivity index (χ0v) is 15.5. The van der Waals surface area contributed by atoms with Gasteiger partial charge in [-0.3, -0.25) is 9.48 Å². The Hall–Kier alpha value is -1.94. The van der Waals surface area contributed by atoms with Crippen molar-refractivity contribution in [3.63, 3.8) is 0 Å². The van der Waals surface area contributed by atoms with Crippen LogP contribution in [-0.2, 0) is 28.0 Å². The molecule has 0 spiro atoms. The number of rotatable bonds is 5. The van der Waals surface area contributed by atoms with Crippen molar-refractivity contribution in [1.82, 2.24) is 14.7 Å². The molecule has 1 aromatic heterocycles. The molecular weight excluding hydrogens is 362 g/mol. The number of ether oxygens (including phenoxy) is 1. The molecule has 142 valence electrons. The minimum Gasteiger partial charge on any atom is -0.476 e. The Labute approximate surface area is 150 Å². The number of hydrogen-bond donors (Lipinski definition) is 1. The Balaban J connectivity index is 1.61. The summed E-state index contributed by atoms with van der Waals surface area (Å²) in [7, 11) is -1.91. The summed E-state index contributed by atoms with van der Waals surface area (Å²) in [5, 5.41) is 13.2. The van der Waals surface area contributed by atoms with Gasteiger partial charge < -0.3 is 14.7 Å². The Bertz CT molecular complexity index is 911.